The van der Waals surface area contributed by atoms with E-state index in [1.165, 1.54) is 18.2 Å². The van der Waals surface area contributed by atoms with Gasteiger partial charge in [0.05, 0.1) is 4.92 Å². The van der Waals surface area contributed by atoms with E-state index in [0.717, 1.165) is 11.1 Å². The molecule has 0 bridgehead atoms. The molecule has 0 saturated carbocycles. The Morgan fingerprint density at radius 1 is 1.03 bits per heavy atom. The lowest BCUT2D eigenvalue weighted by Crippen LogP contribution is -2.12. The van der Waals surface area contributed by atoms with Crippen LogP contribution < -0.4 is 5.32 Å². The molecule has 3 aromatic carbocycles. The first-order valence-corrected chi connectivity index (χ1v) is 8.95. The van der Waals surface area contributed by atoms with Gasteiger partial charge in [-0.15, -0.1) is 0 Å². The van der Waals surface area contributed by atoms with Crippen LogP contribution in [0.3, 0.4) is 0 Å². The molecule has 7 nitrogen and oxygen atoms in total. The molecule has 0 aliphatic rings. The van der Waals surface area contributed by atoms with Crippen LogP contribution in [0.1, 0.15) is 21.5 Å². The zero-order valence-corrected chi connectivity index (χ0v) is 15.8. The maximum absolute atomic E-state index is 12.5. The Bertz CT molecular complexity index is 1240. The molecule has 29 heavy (non-hydrogen) atoms. The smallest absolute Gasteiger partial charge is 0.272 e. The molecule has 0 aliphatic carbocycles. The SMILES string of the molecule is Cc1ccc(-c2nc3cc(NC(=O)c4ccc([N+](=O)[O-])c(C)c4)ccc3o2)cc1. The van der Waals surface area contributed by atoms with Crippen LogP contribution in [0.4, 0.5) is 11.4 Å². The molecule has 4 aromatic rings. The number of carbonyl (C=O) groups excluding carboxylic acids is 1. The number of benzene rings is 3. The van der Waals surface area contributed by atoms with Crippen molar-refractivity contribution in [3.05, 3.63) is 87.5 Å². The molecule has 0 unspecified atom stereocenters. The molecule has 0 fully saturated rings. The standard InChI is InChI=1S/C22H17N3O4/c1-13-3-5-15(6-4-13)22-24-18-12-17(8-10-20(18)29-22)23-21(26)16-7-9-19(25(27)28)14(2)11-16/h3-12H,1-2H3,(H,23,26). The molecule has 0 spiro atoms. The number of nitrogens with zero attached hydrogens (tertiary/aromatic N) is 2. The van der Waals surface area contributed by atoms with Crippen molar-refractivity contribution < 1.29 is 14.1 Å². The Kier molecular flexibility index (Phi) is 4.56. The summed E-state index contributed by atoms with van der Waals surface area (Å²) in [5, 5.41) is 13.7. The minimum atomic E-state index is -0.471. The number of fused-ring (bicyclic) bond motifs is 1. The van der Waals surface area contributed by atoms with E-state index in [0.29, 0.717) is 33.8 Å². The second kappa shape index (κ2) is 7.20. The third-order valence-electron chi connectivity index (χ3n) is 4.60. The number of hydrogen-bond acceptors (Lipinski definition) is 5. The summed E-state index contributed by atoms with van der Waals surface area (Å²) in [4.78, 5) is 27.5. The van der Waals surface area contributed by atoms with E-state index in [1.807, 2.05) is 31.2 Å². The Balaban J connectivity index is 1.58. The Morgan fingerprint density at radius 2 is 1.79 bits per heavy atom. The summed E-state index contributed by atoms with van der Waals surface area (Å²) in [5.41, 5.74) is 4.57. The van der Waals surface area contributed by atoms with E-state index < -0.39 is 4.92 Å². The van der Waals surface area contributed by atoms with Crippen LogP contribution in [-0.2, 0) is 0 Å². The second-order valence-electron chi connectivity index (χ2n) is 6.78. The van der Waals surface area contributed by atoms with Gasteiger partial charge in [-0.1, -0.05) is 17.7 Å². The molecule has 0 saturated heterocycles. The molecule has 1 aromatic heterocycles. The Morgan fingerprint density at radius 3 is 2.48 bits per heavy atom. The average Bonchev–Trinajstić information content (AvgIpc) is 3.11. The third kappa shape index (κ3) is 3.70. The highest BCUT2D eigenvalue weighted by Gasteiger charge is 2.15. The highest BCUT2D eigenvalue weighted by atomic mass is 16.6. The molecule has 4 rings (SSSR count). The van der Waals surface area contributed by atoms with Gasteiger partial charge >= 0.3 is 0 Å². The Labute approximate surface area is 166 Å². The highest BCUT2D eigenvalue weighted by molar-refractivity contribution is 6.05. The first-order valence-electron chi connectivity index (χ1n) is 8.95. The van der Waals surface area contributed by atoms with E-state index in [9.17, 15) is 14.9 Å². The lowest BCUT2D eigenvalue weighted by Gasteiger charge is -2.06. The topological polar surface area (TPSA) is 98.3 Å². The van der Waals surface area contributed by atoms with Crippen LogP contribution in [0.5, 0.6) is 0 Å². The monoisotopic (exact) mass is 387 g/mol. The first kappa shape index (κ1) is 18.4. The average molecular weight is 387 g/mol. The van der Waals surface area contributed by atoms with Crippen LogP contribution in [-0.4, -0.2) is 15.8 Å². The molecule has 1 heterocycles. The van der Waals surface area contributed by atoms with Crippen molar-refractivity contribution in [2.75, 3.05) is 5.32 Å². The number of aromatic nitrogens is 1. The van der Waals surface area contributed by atoms with E-state index in [-0.39, 0.29) is 11.6 Å². The highest BCUT2D eigenvalue weighted by Crippen LogP contribution is 2.27. The van der Waals surface area contributed by atoms with Crippen LogP contribution in [0.2, 0.25) is 0 Å². The predicted octanol–water partition coefficient (Wildman–Crippen LogP) is 5.27. The maximum Gasteiger partial charge on any atom is 0.272 e. The van der Waals surface area contributed by atoms with Gasteiger partial charge < -0.3 is 9.73 Å². The largest absolute Gasteiger partial charge is 0.436 e. The van der Waals surface area contributed by atoms with E-state index in [4.69, 9.17) is 4.42 Å². The summed E-state index contributed by atoms with van der Waals surface area (Å²) < 4.78 is 5.80. The molecule has 0 atom stereocenters. The van der Waals surface area contributed by atoms with Crippen molar-refractivity contribution in [2.24, 2.45) is 0 Å². The number of carbonyl (C=O) groups is 1. The van der Waals surface area contributed by atoms with E-state index in [1.54, 1.807) is 25.1 Å². The molecule has 0 radical (unpaired) electrons. The van der Waals surface area contributed by atoms with Crippen molar-refractivity contribution in [2.45, 2.75) is 13.8 Å². The summed E-state index contributed by atoms with van der Waals surface area (Å²) in [6, 6.07) is 17.3. The van der Waals surface area contributed by atoms with Gasteiger partial charge in [0, 0.05) is 28.4 Å². The predicted molar refractivity (Wildman–Crippen MR) is 110 cm³/mol. The third-order valence-corrected chi connectivity index (χ3v) is 4.60. The van der Waals surface area contributed by atoms with Gasteiger partial charge in [-0.2, -0.15) is 0 Å². The fourth-order valence-electron chi connectivity index (χ4n) is 3.03. The molecular formula is C22H17N3O4. The van der Waals surface area contributed by atoms with Crippen LogP contribution in [0.25, 0.3) is 22.6 Å². The second-order valence-corrected chi connectivity index (χ2v) is 6.78. The quantitative estimate of drug-likeness (QED) is 0.380. The number of rotatable bonds is 4. The van der Waals surface area contributed by atoms with Gasteiger partial charge in [-0.25, -0.2) is 4.98 Å². The number of oxazole rings is 1. The Hall–Kier alpha value is -4.00. The minimum Gasteiger partial charge on any atom is -0.436 e. The fraction of sp³-hybridized carbons (Fsp3) is 0.0909. The number of nitrogens with one attached hydrogen (secondary N) is 1. The molecule has 144 valence electrons. The number of nitro benzene ring substituents is 1. The van der Waals surface area contributed by atoms with Crippen molar-refractivity contribution >= 4 is 28.4 Å². The summed E-state index contributed by atoms with van der Waals surface area (Å²) in [5.74, 6) is 0.152. The normalized spacial score (nSPS) is 10.8. The lowest BCUT2D eigenvalue weighted by atomic mass is 10.1. The number of nitro groups is 1. The fourth-order valence-corrected chi connectivity index (χ4v) is 3.03. The van der Waals surface area contributed by atoms with E-state index >= 15 is 0 Å². The summed E-state index contributed by atoms with van der Waals surface area (Å²) in [6.07, 6.45) is 0. The summed E-state index contributed by atoms with van der Waals surface area (Å²) in [6.45, 7) is 3.61. The van der Waals surface area contributed by atoms with Crippen molar-refractivity contribution in [1.82, 2.24) is 4.98 Å². The summed E-state index contributed by atoms with van der Waals surface area (Å²) >= 11 is 0. The molecular weight excluding hydrogens is 370 g/mol. The van der Waals surface area contributed by atoms with Gasteiger partial charge in [0.1, 0.15) is 5.52 Å². The molecule has 0 aliphatic heterocycles. The molecule has 7 heteroatoms. The van der Waals surface area contributed by atoms with Crippen LogP contribution >= 0.6 is 0 Å². The van der Waals surface area contributed by atoms with Gasteiger partial charge in [-0.05, 0) is 56.3 Å². The maximum atomic E-state index is 12.5. The van der Waals surface area contributed by atoms with Crippen molar-refractivity contribution in [3.63, 3.8) is 0 Å². The lowest BCUT2D eigenvalue weighted by molar-refractivity contribution is -0.385. The summed E-state index contributed by atoms with van der Waals surface area (Å²) in [7, 11) is 0. The van der Waals surface area contributed by atoms with Gasteiger partial charge in [0.15, 0.2) is 5.58 Å². The molecule has 1 amide bonds. The van der Waals surface area contributed by atoms with Crippen molar-refractivity contribution in [1.29, 1.82) is 0 Å². The van der Waals surface area contributed by atoms with Crippen LogP contribution in [0, 0.1) is 24.0 Å². The first-order chi connectivity index (χ1) is 13.9. The van der Waals surface area contributed by atoms with Crippen molar-refractivity contribution in [3.8, 4) is 11.5 Å². The number of anilines is 1. The number of hydrogen-bond donors (Lipinski definition) is 1. The van der Waals surface area contributed by atoms with Gasteiger partial charge in [0.25, 0.3) is 11.6 Å². The van der Waals surface area contributed by atoms with E-state index in [2.05, 4.69) is 10.3 Å². The molecule has 1 N–H and O–H groups in total. The van der Waals surface area contributed by atoms with Gasteiger partial charge in [-0.3, -0.25) is 14.9 Å². The zero-order valence-electron chi connectivity index (χ0n) is 15.8. The number of aryl methyl sites for hydroxylation is 2. The van der Waals surface area contributed by atoms with Gasteiger partial charge in [0.2, 0.25) is 5.89 Å². The minimum absolute atomic E-state index is 0.0193. The van der Waals surface area contributed by atoms with Crippen LogP contribution in [0.15, 0.2) is 65.1 Å². The number of amides is 1. The zero-order chi connectivity index (χ0) is 20.5.